The molecule has 0 bridgehead atoms. The third kappa shape index (κ3) is 14.3. The fourth-order valence-corrected chi connectivity index (χ4v) is 11.7. The molecule has 5 rings (SSSR count). The highest BCUT2D eigenvalue weighted by molar-refractivity contribution is 9.40. The van der Waals surface area contributed by atoms with Gasteiger partial charge < -0.3 is 0 Å². The van der Waals surface area contributed by atoms with Crippen LogP contribution in [-0.4, -0.2) is 33.6 Å². The zero-order valence-corrected chi connectivity index (χ0v) is 50.5. The molecule has 0 radical (unpaired) electrons. The van der Waals surface area contributed by atoms with E-state index in [9.17, 15) is 30.8 Å². The quantitative estimate of drug-likeness (QED) is 0.0673. The Labute approximate surface area is 457 Å². The third-order valence-corrected chi connectivity index (χ3v) is 15.3. The van der Waals surface area contributed by atoms with Crippen LogP contribution in [0.2, 0.25) is 0 Å². The first-order chi connectivity index (χ1) is 28.1. The van der Waals surface area contributed by atoms with Gasteiger partial charge in [0.15, 0.2) is 15.0 Å². The SMILES string of the molecule is BrC(Br)(Br)Cc1cccs1.Cc1nnc(C(C#N)(C#N)C(Br)(Br)Br)s1.N#CC(C#N)(c1ccccc1)C(Br)(Br)Br.O=[N+]([O-])C(c1ccc2ccccc2n1)([N+](=O)[O-])C(Br)(Br)Br. The summed E-state index contributed by atoms with van der Waals surface area (Å²) in [5.41, 5.74) is -4.77. The van der Waals surface area contributed by atoms with E-state index in [2.05, 4.69) is 224 Å². The molecule has 0 atom stereocenters. The monoisotopic (exact) mass is 1630 g/mol. The number of nitriles is 4. The molecule has 0 spiro atoms. The van der Waals surface area contributed by atoms with Crippen molar-refractivity contribution in [2.24, 2.45) is 0 Å². The maximum atomic E-state index is 11.5. The summed E-state index contributed by atoms with van der Waals surface area (Å²) in [6.45, 7) is 1.76. The summed E-state index contributed by atoms with van der Waals surface area (Å²) in [5, 5.41) is 71.1. The highest BCUT2D eigenvalue weighted by Gasteiger charge is 2.73. The molecule has 3 aromatic heterocycles. The van der Waals surface area contributed by atoms with E-state index in [0.717, 1.165) is 11.8 Å². The van der Waals surface area contributed by atoms with Crippen molar-refractivity contribution in [2.75, 3.05) is 0 Å². The number of para-hydroxylation sites is 1. The summed E-state index contributed by atoms with van der Waals surface area (Å²) >= 11 is 41.4. The van der Waals surface area contributed by atoms with E-state index in [1.165, 1.54) is 22.3 Å². The maximum Gasteiger partial charge on any atom is 0.534 e. The number of pyridine rings is 1. The van der Waals surface area contributed by atoms with Crippen molar-refractivity contribution in [3.05, 3.63) is 131 Å². The van der Waals surface area contributed by atoms with Crippen molar-refractivity contribution >= 4 is 225 Å². The number of fused-ring (bicyclic) bond motifs is 1. The topological polar surface area (TPSA) is 220 Å². The molecule has 320 valence electrons. The Morgan fingerprint density at radius 2 is 1.15 bits per heavy atom. The number of aromatic nitrogens is 3. The van der Waals surface area contributed by atoms with E-state index in [1.807, 2.05) is 30.3 Å². The standard InChI is InChI=1S/C11H6Br3N3O4.C10H5Br3N2.C7H3Br3N4S.C6H5Br3S/c12-11(13,14)10(16(18)19,17(20)21)9-6-5-7-3-1-2-4-8(7)15-9;11-10(12,13)9(6-14,7-15)8-4-2-1-3-5-8;1-4-13-14-5(15-4)6(2-11,3-12)7(8,9)10;7-6(8,9)4-5-2-1-3-10-5/h1-6H;1-5H;1H3;1-3H,4H2. The van der Waals surface area contributed by atoms with Gasteiger partial charge in [0.05, 0.1) is 29.8 Å². The third-order valence-electron chi connectivity index (χ3n) is 7.41. The minimum Gasteiger partial charge on any atom is -0.258 e. The summed E-state index contributed by atoms with van der Waals surface area (Å²) in [4.78, 5) is 26.4. The molecule has 0 unspecified atom stereocenters. The van der Waals surface area contributed by atoms with Crippen molar-refractivity contribution in [2.45, 2.75) is 38.4 Å². The van der Waals surface area contributed by atoms with Gasteiger partial charge in [-0.05, 0) is 83.9 Å². The molecule has 0 fully saturated rings. The molecule has 61 heavy (non-hydrogen) atoms. The van der Waals surface area contributed by atoms with Gasteiger partial charge >= 0.3 is 5.66 Å². The van der Waals surface area contributed by atoms with E-state index in [4.69, 9.17) is 10.5 Å². The Kier molecular flexibility index (Phi) is 22.2. The number of aryl methyl sites for hydroxylation is 1. The first-order valence-corrected chi connectivity index (χ1v) is 26.8. The minimum absolute atomic E-state index is 0.127. The van der Waals surface area contributed by atoms with Crippen LogP contribution in [0.3, 0.4) is 0 Å². The fourth-order valence-electron chi connectivity index (χ4n) is 4.43. The van der Waals surface area contributed by atoms with Crippen LogP contribution in [0.1, 0.15) is 26.1 Å². The summed E-state index contributed by atoms with van der Waals surface area (Å²) in [6, 6.07) is 30.7. The van der Waals surface area contributed by atoms with E-state index in [0.29, 0.717) is 21.1 Å². The molecule has 0 aliphatic rings. The fraction of sp³-hybridized carbons (Fsp3) is 0.265. The lowest BCUT2D eigenvalue weighted by molar-refractivity contribution is -0.807. The van der Waals surface area contributed by atoms with Crippen LogP contribution in [-0.2, 0) is 22.9 Å². The molecule has 0 aliphatic heterocycles. The highest BCUT2D eigenvalue weighted by Crippen LogP contribution is 2.53. The number of benzene rings is 2. The number of alkyl halides is 12. The number of rotatable bonds is 6. The van der Waals surface area contributed by atoms with E-state index >= 15 is 0 Å². The highest BCUT2D eigenvalue weighted by atomic mass is 80.0. The lowest BCUT2D eigenvalue weighted by Gasteiger charge is -2.27. The average molecular weight is 1640 g/mol. The molecular formula is C34H19Br12N9O4S2. The van der Waals surface area contributed by atoms with E-state index < -0.39 is 32.8 Å². The predicted molar refractivity (Wildman–Crippen MR) is 280 cm³/mol. The Bertz CT molecular complexity index is 2420. The van der Waals surface area contributed by atoms with Gasteiger partial charge in [-0.25, -0.2) is 4.98 Å². The second-order valence-electron chi connectivity index (χ2n) is 11.4. The molecule has 0 saturated heterocycles. The zero-order chi connectivity index (χ0) is 46.7. The smallest absolute Gasteiger partial charge is 0.258 e. The van der Waals surface area contributed by atoms with E-state index in [-0.39, 0.29) is 7.84 Å². The molecule has 0 amide bonds. The number of hydrogen-bond acceptors (Lipinski definition) is 13. The lowest BCUT2D eigenvalue weighted by atomic mass is 9.85. The van der Waals surface area contributed by atoms with Crippen molar-refractivity contribution in [1.29, 1.82) is 21.0 Å². The van der Waals surface area contributed by atoms with Gasteiger partial charge in [-0.2, -0.15) is 21.0 Å². The molecule has 2 aromatic carbocycles. The Balaban J connectivity index is 0.000000289. The molecular weight excluding hydrogens is 1620 g/mol. The normalized spacial score (nSPS) is 12.0. The number of nitro groups is 2. The van der Waals surface area contributed by atoms with Gasteiger partial charge in [0.2, 0.25) is 10.8 Å². The summed E-state index contributed by atoms with van der Waals surface area (Å²) < 4.78 is -3.94. The van der Waals surface area contributed by atoms with Crippen molar-refractivity contribution in [3.8, 4) is 24.3 Å². The van der Waals surface area contributed by atoms with Crippen LogP contribution in [0.4, 0.5) is 0 Å². The van der Waals surface area contributed by atoms with Gasteiger partial charge in [-0.3, -0.25) is 20.2 Å². The van der Waals surface area contributed by atoms with Crippen LogP contribution < -0.4 is 0 Å². The molecule has 3 heterocycles. The Morgan fingerprint density at radius 3 is 1.54 bits per heavy atom. The Morgan fingerprint density at radius 1 is 0.639 bits per heavy atom. The van der Waals surface area contributed by atoms with Crippen LogP contribution in [0, 0.1) is 72.5 Å². The second kappa shape index (κ2) is 23.9. The molecule has 27 heteroatoms. The van der Waals surface area contributed by atoms with Gasteiger partial charge in [-0.15, -0.1) is 21.5 Å². The molecule has 5 aromatic rings. The number of nitrogens with zero attached hydrogens (tertiary/aromatic N) is 9. The summed E-state index contributed by atoms with van der Waals surface area (Å²) in [5.74, 6) is 0. The lowest BCUT2D eigenvalue weighted by Crippen LogP contribution is -2.53. The second-order valence-corrected chi connectivity index (χ2v) is 41.1. The van der Waals surface area contributed by atoms with Crippen molar-refractivity contribution in [3.63, 3.8) is 0 Å². The summed E-state index contributed by atoms with van der Waals surface area (Å²) in [6.07, 6.45) is 0.949. The number of halogens is 12. The maximum absolute atomic E-state index is 11.5. The van der Waals surface area contributed by atoms with E-state index in [1.54, 1.807) is 72.9 Å². The van der Waals surface area contributed by atoms with Crippen LogP contribution >= 0.6 is 214 Å². The predicted octanol–water partition coefficient (Wildman–Crippen LogP) is 14.7. The van der Waals surface area contributed by atoms with Gasteiger partial charge in [0.25, 0.3) is 2.14 Å². The van der Waals surface area contributed by atoms with Crippen LogP contribution in [0.15, 0.2) is 84.2 Å². The van der Waals surface area contributed by atoms with Crippen LogP contribution in [0.5, 0.6) is 0 Å². The number of thiophene rings is 1. The Hall–Kier alpha value is -0.370. The average Bonchev–Trinajstić information content (AvgIpc) is 3.83. The molecule has 0 N–H and O–H groups in total. The largest absolute Gasteiger partial charge is 0.534 e. The molecule has 0 aliphatic carbocycles. The number of hydrogen-bond donors (Lipinski definition) is 0. The molecule has 13 nitrogen and oxygen atoms in total. The van der Waals surface area contributed by atoms with Crippen molar-refractivity contribution in [1.82, 2.24) is 15.2 Å². The summed E-state index contributed by atoms with van der Waals surface area (Å²) in [7, 11) is 0. The first-order valence-electron chi connectivity index (χ1n) is 15.6. The first kappa shape index (κ1) is 56.8. The van der Waals surface area contributed by atoms with Gasteiger partial charge in [0, 0.05) is 16.7 Å². The van der Waals surface area contributed by atoms with Crippen LogP contribution in [0.25, 0.3) is 10.9 Å². The minimum atomic E-state index is -2.74. The molecule has 0 saturated carbocycles. The van der Waals surface area contributed by atoms with Crippen molar-refractivity contribution < 1.29 is 9.85 Å². The van der Waals surface area contributed by atoms with Gasteiger partial charge in [0.1, 0.15) is 17.0 Å². The zero-order valence-electron chi connectivity index (χ0n) is 29.8. The van der Waals surface area contributed by atoms with Gasteiger partial charge in [-0.1, -0.05) is 215 Å².